The van der Waals surface area contributed by atoms with E-state index in [1.807, 2.05) is 0 Å². The summed E-state index contributed by atoms with van der Waals surface area (Å²) in [4.78, 5) is 2.49. The van der Waals surface area contributed by atoms with Gasteiger partial charge >= 0.3 is 0 Å². The van der Waals surface area contributed by atoms with Gasteiger partial charge in [0.15, 0.2) is 0 Å². The molecule has 1 aliphatic carbocycles. The van der Waals surface area contributed by atoms with Gasteiger partial charge in [-0.15, -0.1) is 0 Å². The van der Waals surface area contributed by atoms with Gasteiger partial charge in [0.05, 0.1) is 0 Å². The fraction of sp³-hybridized carbons (Fsp3) is 0.444. The third kappa shape index (κ3) is 2.18. The van der Waals surface area contributed by atoms with E-state index in [1.54, 1.807) is 0 Å². The van der Waals surface area contributed by atoms with E-state index in [-0.39, 0.29) is 11.5 Å². The molecule has 0 saturated carbocycles. The molecule has 2 unspecified atom stereocenters. The normalized spacial score (nSPS) is 25.2. The minimum absolute atomic E-state index is 0.175. The Morgan fingerprint density at radius 3 is 2.85 bits per heavy atom. The van der Waals surface area contributed by atoms with Crippen molar-refractivity contribution in [2.75, 3.05) is 18.0 Å². The predicted octanol–water partition coefficient (Wildman–Crippen LogP) is 3.17. The molecule has 106 valence electrons. The standard InChI is InChI=1S/C18H24N2/c1-3-20-13-18(9-5-4-6-10-18)16-12-15(11-14(2)19)7-8-17(16)20/h4-9,12,14H,3,10-11,13,19H2,1-2H3. The van der Waals surface area contributed by atoms with Crippen LogP contribution in [0.25, 0.3) is 0 Å². The first-order chi connectivity index (χ1) is 9.64. The highest BCUT2D eigenvalue weighted by molar-refractivity contribution is 5.66. The molecule has 2 nitrogen and oxygen atoms in total. The summed E-state index contributed by atoms with van der Waals surface area (Å²) in [5.41, 5.74) is 10.4. The molecule has 0 amide bonds. The summed E-state index contributed by atoms with van der Waals surface area (Å²) in [6, 6.07) is 7.14. The Bertz CT molecular complexity index is 557. The SMILES string of the molecule is CCN1CC2(C=CC=CC2)c2cc(CC(C)N)ccc21. The molecule has 2 heteroatoms. The molecule has 2 aliphatic rings. The summed E-state index contributed by atoms with van der Waals surface area (Å²) < 4.78 is 0. The number of nitrogens with two attached hydrogens (primary N) is 1. The molecule has 1 aromatic rings. The number of rotatable bonds is 3. The first-order valence-electron chi connectivity index (χ1n) is 7.63. The van der Waals surface area contributed by atoms with Crippen LogP contribution in [0.15, 0.2) is 42.5 Å². The largest absolute Gasteiger partial charge is 0.370 e. The number of benzene rings is 1. The number of anilines is 1. The zero-order chi connectivity index (χ0) is 14.2. The molecule has 3 rings (SSSR count). The first kappa shape index (κ1) is 13.4. The Balaban J connectivity index is 2.04. The maximum atomic E-state index is 5.96. The lowest BCUT2D eigenvalue weighted by Gasteiger charge is -2.28. The van der Waals surface area contributed by atoms with Gasteiger partial charge in [0.1, 0.15) is 0 Å². The van der Waals surface area contributed by atoms with Crippen molar-refractivity contribution in [2.45, 2.75) is 38.1 Å². The lowest BCUT2D eigenvalue weighted by molar-refractivity contribution is 0.564. The highest BCUT2D eigenvalue weighted by atomic mass is 15.2. The van der Waals surface area contributed by atoms with E-state index in [2.05, 4.69) is 61.3 Å². The van der Waals surface area contributed by atoms with Gasteiger partial charge in [0.2, 0.25) is 0 Å². The maximum absolute atomic E-state index is 5.96. The van der Waals surface area contributed by atoms with Gasteiger partial charge in [0, 0.05) is 30.2 Å². The number of allylic oxidation sites excluding steroid dienone is 3. The van der Waals surface area contributed by atoms with E-state index in [9.17, 15) is 0 Å². The quantitative estimate of drug-likeness (QED) is 0.912. The van der Waals surface area contributed by atoms with Gasteiger partial charge in [-0.3, -0.25) is 0 Å². The summed E-state index contributed by atoms with van der Waals surface area (Å²) in [7, 11) is 0. The molecular formula is C18H24N2. The van der Waals surface area contributed by atoms with Crippen LogP contribution in [0.5, 0.6) is 0 Å². The van der Waals surface area contributed by atoms with Crippen LogP contribution in [0.1, 0.15) is 31.4 Å². The van der Waals surface area contributed by atoms with Crippen molar-refractivity contribution in [3.05, 3.63) is 53.6 Å². The summed E-state index contributed by atoms with van der Waals surface area (Å²) in [5, 5.41) is 0. The second kappa shape index (κ2) is 5.10. The molecule has 20 heavy (non-hydrogen) atoms. The molecule has 2 N–H and O–H groups in total. The van der Waals surface area contributed by atoms with E-state index in [1.165, 1.54) is 16.8 Å². The summed E-state index contributed by atoms with van der Waals surface area (Å²) >= 11 is 0. The van der Waals surface area contributed by atoms with E-state index in [0.29, 0.717) is 0 Å². The highest BCUT2D eigenvalue weighted by Gasteiger charge is 2.40. The number of nitrogens with zero attached hydrogens (tertiary/aromatic N) is 1. The van der Waals surface area contributed by atoms with Crippen molar-refractivity contribution in [2.24, 2.45) is 5.73 Å². The monoisotopic (exact) mass is 268 g/mol. The Kier molecular flexibility index (Phi) is 3.43. The fourth-order valence-electron chi connectivity index (χ4n) is 3.53. The summed E-state index contributed by atoms with van der Waals surface area (Å²) in [6.45, 7) is 6.48. The van der Waals surface area contributed by atoms with Crippen LogP contribution in [0, 0.1) is 0 Å². The third-order valence-electron chi connectivity index (χ3n) is 4.50. The van der Waals surface area contributed by atoms with E-state index < -0.39 is 0 Å². The van der Waals surface area contributed by atoms with E-state index in [4.69, 9.17) is 5.73 Å². The van der Waals surface area contributed by atoms with Crippen molar-refractivity contribution in [1.29, 1.82) is 0 Å². The molecule has 0 radical (unpaired) electrons. The Hall–Kier alpha value is -1.54. The molecule has 1 aromatic carbocycles. The molecule has 2 atom stereocenters. The summed E-state index contributed by atoms with van der Waals surface area (Å²) in [5.74, 6) is 0. The van der Waals surface area contributed by atoms with E-state index in [0.717, 1.165) is 25.9 Å². The van der Waals surface area contributed by atoms with Crippen molar-refractivity contribution in [1.82, 2.24) is 0 Å². The summed E-state index contributed by atoms with van der Waals surface area (Å²) in [6.07, 6.45) is 11.1. The van der Waals surface area contributed by atoms with Crippen molar-refractivity contribution in [3.63, 3.8) is 0 Å². The Morgan fingerprint density at radius 1 is 1.35 bits per heavy atom. The van der Waals surface area contributed by atoms with Crippen LogP contribution >= 0.6 is 0 Å². The van der Waals surface area contributed by atoms with Crippen molar-refractivity contribution < 1.29 is 0 Å². The van der Waals surface area contributed by atoms with Gasteiger partial charge < -0.3 is 10.6 Å². The second-order valence-corrected chi connectivity index (χ2v) is 6.19. The minimum Gasteiger partial charge on any atom is -0.370 e. The average Bonchev–Trinajstić information content (AvgIpc) is 2.73. The van der Waals surface area contributed by atoms with Gasteiger partial charge in [-0.05, 0) is 43.9 Å². The van der Waals surface area contributed by atoms with Gasteiger partial charge in [-0.25, -0.2) is 0 Å². The smallest absolute Gasteiger partial charge is 0.0409 e. The van der Waals surface area contributed by atoms with E-state index >= 15 is 0 Å². The topological polar surface area (TPSA) is 29.3 Å². The molecular weight excluding hydrogens is 244 g/mol. The first-order valence-corrected chi connectivity index (χ1v) is 7.63. The van der Waals surface area contributed by atoms with Crippen LogP contribution in [-0.4, -0.2) is 19.1 Å². The molecule has 1 spiro atoms. The van der Waals surface area contributed by atoms with Crippen LogP contribution < -0.4 is 10.6 Å². The number of fused-ring (bicyclic) bond motifs is 2. The molecule has 1 aliphatic heterocycles. The zero-order valence-electron chi connectivity index (χ0n) is 12.5. The zero-order valence-corrected chi connectivity index (χ0v) is 12.5. The lowest BCUT2D eigenvalue weighted by atomic mass is 9.76. The van der Waals surface area contributed by atoms with Gasteiger partial charge in [-0.2, -0.15) is 0 Å². The number of hydrogen-bond donors (Lipinski definition) is 1. The fourth-order valence-corrected chi connectivity index (χ4v) is 3.53. The lowest BCUT2D eigenvalue weighted by Crippen LogP contribution is -2.32. The average molecular weight is 268 g/mol. The van der Waals surface area contributed by atoms with Gasteiger partial charge in [0.25, 0.3) is 0 Å². The number of hydrogen-bond acceptors (Lipinski definition) is 2. The minimum atomic E-state index is 0.175. The van der Waals surface area contributed by atoms with Crippen LogP contribution in [0.3, 0.4) is 0 Å². The molecule has 0 aromatic heterocycles. The molecule has 1 heterocycles. The molecule has 0 bridgehead atoms. The number of likely N-dealkylation sites (N-methyl/N-ethyl adjacent to an activating group) is 1. The second-order valence-electron chi connectivity index (χ2n) is 6.19. The maximum Gasteiger partial charge on any atom is 0.0409 e. The Labute approximate surface area is 122 Å². The van der Waals surface area contributed by atoms with Crippen LogP contribution in [0.2, 0.25) is 0 Å². The third-order valence-corrected chi connectivity index (χ3v) is 4.50. The highest BCUT2D eigenvalue weighted by Crippen LogP contribution is 2.45. The van der Waals surface area contributed by atoms with Crippen molar-refractivity contribution >= 4 is 5.69 Å². The molecule has 0 saturated heterocycles. The molecule has 0 fully saturated rings. The van der Waals surface area contributed by atoms with Crippen LogP contribution in [0.4, 0.5) is 5.69 Å². The van der Waals surface area contributed by atoms with Crippen LogP contribution in [-0.2, 0) is 11.8 Å². The predicted molar refractivity (Wildman–Crippen MR) is 86.3 cm³/mol. The Morgan fingerprint density at radius 2 is 2.20 bits per heavy atom. The van der Waals surface area contributed by atoms with Gasteiger partial charge in [-0.1, -0.05) is 36.4 Å². The van der Waals surface area contributed by atoms with Crippen molar-refractivity contribution in [3.8, 4) is 0 Å².